The van der Waals surface area contributed by atoms with E-state index in [0.29, 0.717) is 5.56 Å². The van der Waals surface area contributed by atoms with Crippen molar-refractivity contribution < 1.29 is 22.7 Å². The van der Waals surface area contributed by atoms with Crippen molar-refractivity contribution in [3.63, 3.8) is 0 Å². The van der Waals surface area contributed by atoms with Crippen LogP contribution in [-0.2, 0) is 11.3 Å². The maximum Gasteiger partial charge on any atom is 0.408 e. The Bertz CT molecular complexity index is 1180. The van der Waals surface area contributed by atoms with Crippen molar-refractivity contribution in [2.24, 2.45) is 5.41 Å². The van der Waals surface area contributed by atoms with E-state index in [1.165, 1.54) is 16.8 Å². The molecule has 182 valence electrons. The van der Waals surface area contributed by atoms with Gasteiger partial charge in [-0.3, -0.25) is 0 Å². The minimum atomic E-state index is -0.716. The summed E-state index contributed by atoms with van der Waals surface area (Å²) in [7, 11) is 0. The first kappa shape index (κ1) is 25.3. The quantitative estimate of drug-likeness (QED) is 0.491. The number of hydrogen-bond donors (Lipinski definition) is 1. The van der Waals surface area contributed by atoms with Crippen LogP contribution in [0, 0.1) is 22.9 Å². The molecule has 1 unspecified atom stereocenters. The highest BCUT2D eigenvalue weighted by atomic mass is 19.1. The first-order valence-corrected chi connectivity index (χ1v) is 10.9. The van der Waals surface area contributed by atoms with Crippen LogP contribution in [0.4, 0.5) is 18.0 Å². The Kier molecular flexibility index (Phi) is 7.05. The second-order valence-corrected chi connectivity index (χ2v) is 10.2. The van der Waals surface area contributed by atoms with Crippen molar-refractivity contribution in [1.29, 1.82) is 0 Å². The summed E-state index contributed by atoms with van der Waals surface area (Å²) in [6.45, 7) is 10.9. The van der Waals surface area contributed by atoms with Crippen molar-refractivity contribution in [3.8, 4) is 11.4 Å². The second kappa shape index (κ2) is 9.48. The number of rotatable bonds is 5. The highest BCUT2D eigenvalue weighted by molar-refractivity contribution is 5.68. The topological polar surface area (TPSA) is 69.0 Å². The van der Waals surface area contributed by atoms with Gasteiger partial charge in [0.05, 0.1) is 18.2 Å². The van der Waals surface area contributed by atoms with Gasteiger partial charge in [-0.1, -0.05) is 32.9 Å². The van der Waals surface area contributed by atoms with E-state index in [9.17, 15) is 18.0 Å². The minimum Gasteiger partial charge on any atom is -0.444 e. The molecule has 0 fully saturated rings. The molecule has 0 radical (unpaired) electrons. The van der Waals surface area contributed by atoms with Crippen LogP contribution in [0.1, 0.15) is 59.0 Å². The summed E-state index contributed by atoms with van der Waals surface area (Å²) in [6, 6.07) is 8.20. The van der Waals surface area contributed by atoms with Gasteiger partial charge in [0.25, 0.3) is 0 Å². The maximum atomic E-state index is 14.7. The van der Waals surface area contributed by atoms with Crippen LogP contribution in [0.25, 0.3) is 11.4 Å². The first-order chi connectivity index (χ1) is 15.7. The van der Waals surface area contributed by atoms with Gasteiger partial charge in [-0.15, -0.1) is 0 Å². The Morgan fingerprint density at radius 2 is 1.71 bits per heavy atom. The average Bonchev–Trinajstić information content (AvgIpc) is 3.08. The first-order valence-electron chi connectivity index (χ1n) is 10.9. The number of ether oxygens (including phenoxy) is 1. The molecule has 0 spiro atoms. The second-order valence-electron chi connectivity index (χ2n) is 10.2. The molecule has 2 aromatic carbocycles. The molecule has 9 heteroatoms. The number of aromatic nitrogens is 3. The SMILES string of the molecule is CC(C)(C)OC(=O)NC(c1nc(-c2cc(F)ccc2F)n(Cc2cccc(F)c2)n1)C(C)(C)C. The Balaban J connectivity index is 2.10. The number of hydrogen-bond acceptors (Lipinski definition) is 4. The van der Waals surface area contributed by atoms with Crippen molar-refractivity contribution in [2.75, 3.05) is 0 Å². The standard InChI is InChI=1S/C25H29F3N4O2/c1-24(2,3)20(29-23(33)34-25(4,5)6)21-30-22(18-13-17(27)10-11-19(18)28)32(31-21)14-15-8-7-9-16(26)12-15/h7-13,20H,14H2,1-6H3,(H,29,33). The Morgan fingerprint density at radius 3 is 2.32 bits per heavy atom. The van der Waals surface area contributed by atoms with E-state index in [0.717, 1.165) is 18.2 Å². The van der Waals surface area contributed by atoms with E-state index in [2.05, 4.69) is 15.4 Å². The lowest BCUT2D eigenvalue weighted by atomic mass is 9.86. The van der Waals surface area contributed by atoms with E-state index in [4.69, 9.17) is 4.74 Å². The molecule has 1 aromatic heterocycles. The van der Waals surface area contributed by atoms with Crippen molar-refractivity contribution >= 4 is 6.09 Å². The predicted molar refractivity (Wildman–Crippen MR) is 122 cm³/mol. The summed E-state index contributed by atoms with van der Waals surface area (Å²) in [5.74, 6) is -1.52. The van der Waals surface area contributed by atoms with Gasteiger partial charge in [-0.2, -0.15) is 5.10 Å². The monoisotopic (exact) mass is 474 g/mol. The lowest BCUT2D eigenvalue weighted by Crippen LogP contribution is -2.40. The van der Waals surface area contributed by atoms with Crippen molar-refractivity contribution in [2.45, 2.75) is 59.7 Å². The van der Waals surface area contributed by atoms with E-state index in [1.54, 1.807) is 32.9 Å². The van der Waals surface area contributed by atoms with Crippen LogP contribution in [-0.4, -0.2) is 26.5 Å². The van der Waals surface area contributed by atoms with E-state index < -0.39 is 40.6 Å². The molecule has 0 saturated carbocycles. The summed E-state index contributed by atoms with van der Waals surface area (Å²) in [5, 5.41) is 7.32. The molecule has 0 bridgehead atoms. The number of benzene rings is 2. The van der Waals surface area contributed by atoms with Crippen LogP contribution < -0.4 is 5.32 Å². The lowest BCUT2D eigenvalue weighted by molar-refractivity contribution is 0.0458. The van der Waals surface area contributed by atoms with Gasteiger partial charge < -0.3 is 10.1 Å². The van der Waals surface area contributed by atoms with Crippen molar-refractivity contribution in [1.82, 2.24) is 20.1 Å². The molecular weight excluding hydrogens is 445 g/mol. The fourth-order valence-electron chi connectivity index (χ4n) is 3.36. The minimum absolute atomic E-state index is 0.0523. The molecule has 0 aliphatic rings. The molecular formula is C25H29F3N4O2. The van der Waals surface area contributed by atoms with Crippen LogP contribution >= 0.6 is 0 Å². The zero-order valence-electron chi connectivity index (χ0n) is 20.1. The van der Waals surface area contributed by atoms with Gasteiger partial charge in [0.15, 0.2) is 11.6 Å². The highest BCUT2D eigenvalue weighted by Crippen LogP contribution is 2.33. The Labute approximate surface area is 197 Å². The summed E-state index contributed by atoms with van der Waals surface area (Å²) in [5.41, 5.74) is -0.811. The number of nitrogens with zero attached hydrogens (tertiary/aromatic N) is 3. The Hall–Kier alpha value is -3.36. The highest BCUT2D eigenvalue weighted by Gasteiger charge is 2.34. The zero-order valence-corrected chi connectivity index (χ0v) is 20.1. The summed E-state index contributed by atoms with van der Waals surface area (Å²) in [6.07, 6.45) is -0.660. The van der Waals surface area contributed by atoms with Gasteiger partial charge >= 0.3 is 6.09 Å². The number of carbonyl (C=O) groups is 1. The van der Waals surface area contributed by atoms with Crippen LogP contribution in [0.15, 0.2) is 42.5 Å². The molecule has 3 rings (SSSR count). The van der Waals surface area contributed by atoms with E-state index in [1.807, 2.05) is 20.8 Å². The number of halogens is 3. The molecule has 1 N–H and O–H groups in total. The molecule has 0 aliphatic carbocycles. The fourth-order valence-corrected chi connectivity index (χ4v) is 3.36. The van der Waals surface area contributed by atoms with E-state index in [-0.39, 0.29) is 23.8 Å². The molecule has 1 amide bonds. The van der Waals surface area contributed by atoms with Gasteiger partial charge in [0.1, 0.15) is 23.1 Å². The number of amides is 1. The third-order valence-electron chi connectivity index (χ3n) is 4.86. The number of alkyl carbamates (subject to hydrolysis) is 1. The molecule has 1 atom stereocenters. The fraction of sp³-hybridized carbons (Fsp3) is 0.400. The van der Waals surface area contributed by atoms with Crippen molar-refractivity contribution in [3.05, 3.63) is 71.3 Å². The number of nitrogens with one attached hydrogen (secondary N) is 1. The van der Waals surface area contributed by atoms with Gasteiger partial charge in [-0.05, 0) is 62.1 Å². The molecule has 3 aromatic rings. The molecule has 34 heavy (non-hydrogen) atoms. The summed E-state index contributed by atoms with van der Waals surface area (Å²) < 4.78 is 49.2. The molecule has 0 saturated heterocycles. The zero-order chi connectivity index (χ0) is 25.3. The third kappa shape index (κ3) is 6.36. The van der Waals surface area contributed by atoms with Gasteiger partial charge in [0, 0.05) is 0 Å². The van der Waals surface area contributed by atoms with E-state index >= 15 is 0 Å². The van der Waals surface area contributed by atoms with Gasteiger partial charge in [0.2, 0.25) is 0 Å². The van der Waals surface area contributed by atoms with Crippen LogP contribution in [0.3, 0.4) is 0 Å². The largest absolute Gasteiger partial charge is 0.444 e. The summed E-state index contributed by atoms with van der Waals surface area (Å²) in [4.78, 5) is 17.0. The van der Waals surface area contributed by atoms with Crippen LogP contribution in [0.5, 0.6) is 0 Å². The average molecular weight is 475 g/mol. The van der Waals surface area contributed by atoms with Gasteiger partial charge in [-0.25, -0.2) is 27.6 Å². The third-order valence-corrected chi connectivity index (χ3v) is 4.86. The molecule has 1 heterocycles. The Morgan fingerprint density at radius 1 is 1.03 bits per heavy atom. The maximum absolute atomic E-state index is 14.7. The molecule has 0 aliphatic heterocycles. The summed E-state index contributed by atoms with van der Waals surface area (Å²) >= 11 is 0. The predicted octanol–water partition coefficient (Wildman–Crippen LogP) is 6.02. The normalized spacial score (nSPS) is 13.0. The smallest absolute Gasteiger partial charge is 0.408 e. The molecule has 6 nitrogen and oxygen atoms in total. The lowest BCUT2D eigenvalue weighted by Gasteiger charge is -2.30. The number of carbonyl (C=O) groups excluding carboxylic acids is 1. The van der Waals surface area contributed by atoms with Crippen LogP contribution in [0.2, 0.25) is 0 Å².